The van der Waals surface area contributed by atoms with Crippen LogP contribution >= 0.6 is 0 Å². The molecule has 2 heteroatoms. The van der Waals surface area contributed by atoms with Gasteiger partial charge in [0.2, 0.25) is 0 Å². The third kappa shape index (κ3) is 3.13. The number of piperidine rings is 1. The minimum absolute atomic E-state index is 0.618. The molecule has 1 heterocycles. The van der Waals surface area contributed by atoms with Crippen molar-refractivity contribution in [2.24, 2.45) is 0 Å². The molecular formula is C18H26NO+. The van der Waals surface area contributed by atoms with E-state index in [1.165, 1.54) is 31.5 Å². The Morgan fingerprint density at radius 2 is 1.75 bits per heavy atom. The molecular weight excluding hydrogens is 246 g/mol. The molecule has 0 unspecified atom stereocenters. The van der Waals surface area contributed by atoms with Crippen LogP contribution in [0.25, 0.3) is 0 Å². The standard InChI is InChI=1S/C18H26NO/c1-4-12-19(13-5-2)14-10-16(11-15-19)17-8-6-7-9-18(17)20-3/h4-9,16H,1-2,10-15H2,3H3/q+1. The topological polar surface area (TPSA) is 9.23 Å². The number of methoxy groups -OCH3 is 1. The number of hydrogen-bond acceptors (Lipinski definition) is 1. The van der Waals surface area contributed by atoms with Crippen molar-refractivity contribution in [1.29, 1.82) is 0 Å². The van der Waals surface area contributed by atoms with E-state index in [0.29, 0.717) is 5.92 Å². The quantitative estimate of drug-likeness (QED) is 0.566. The van der Waals surface area contributed by atoms with Crippen molar-refractivity contribution < 1.29 is 9.22 Å². The number of benzene rings is 1. The van der Waals surface area contributed by atoms with Gasteiger partial charge in [-0.15, -0.1) is 0 Å². The highest BCUT2D eigenvalue weighted by Gasteiger charge is 2.33. The zero-order chi connectivity index (χ0) is 14.4. The highest BCUT2D eigenvalue weighted by Crippen LogP contribution is 2.36. The van der Waals surface area contributed by atoms with Gasteiger partial charge in [-0.3, -0.25) is 0 Å². The van der Waals surface area contributed by atoms with Crippen molar-refractivity contribution in [3.05, 3.63) is 55.1 Å². The highest BCUT2D eigenvalue weighted by molar-refractivity contribution is 5.36. The van der Waals surface area contributed by atoms with E-state index in [-0.39, 0.29) is 0 Å². The van der Waals surface area contributed by atoms with Crippen LogP contribution in [-0.4, -0.2) is 37.8 Å². The fourth-order valence-electron chi connectivity index (χ4n) is 3.42. The maximum Gasteiger partial charge on any atom is 0.122 e. The van der Waals surface area contributed by atoms with Crippen LogP contribution < -0.4 is 4.74 Å². The third-order valence-corrected chi connectivity index (χ3v) is 4.52. The summed E-state index contributed by atoms with van der Waals surface area (Å²) in [5, 5.41) is 0. The number of ether oxygens (including phenoxy) is 1. The largest absolute Gasteiger partial charge is 0.496 e. The Kier molecular flexibility index (Phi) is 5.02. The summed E-state index contributed by atoms with van der Waals surface area (Å²) in [6.45, 7) is 12.3. The number of hydrogen-bond donors (Lipinski definition) is 0. The van der Waals surface area contributed by atoms with Gasteiger partial charge in [-0.25, -0.2) is 0 Å². The van der Waals surface area contributed by atoms with Gasteiger partial charge in [-0.2, -0.15) is 0 Å². The van der Waals surface area contributed by atoms with Crippen LogP contribution in [0.2, 0.25) is 0 Å². The number of likely N-dealkylation sites (tertiary alicyclic amines) is 1. The van der Waals surface area contributed by atoms with Crippen molar-refractivity contribution >= 4 is 0 Å². The molecule has 0 radical (unpaired) electrons. The Labute approximate surface area is 123 Å². The molecule has 1 saturated heterocycles. The molecule has 1 aliphatic rings. The zero-order valence-corrected chi connectivity index (χ0v) is 12.6. The van der Waals surface area contributed by atoms with Crippen LogP contribution in [0.15, 0.2) is 49.6 Å². The van der Waals surface area contributed by atoms with Crippen molar-refractivity contribution in [3.63, 3.8) is 0 Å². The summed E-state index contributed by atoms with van der Waals surface area (Å²) in [5.41, 5.74) is 1.37. The number of rotatable bonds is 6. The molecule has 108 valence electrons. The van der Waals surface area contributed by atoms with E-state index in [2.05, 4.69) is 31.4 Å². The molecule has 20 heavy (non-hydrogen) atoms. The molecule has 1 aliphatic heterocycles. The Balaban J connectivity index is 2.10. The molecule has 0 saturated carbocycles. The van der Waals surface area contributed by atoms with Crippen LogP contribution in [-0.2, 0) is 0 Å². The van der Waals surface area contributed by atoms with Gasteiger partial charge in [-0.1, -0.05) is 31.4 Å². The van der Waals surface area contributed by atoms with Crippen molar-refractivity contribution in [1.82, 2.24) is 0 Å². The average molecular weight is 272 g/mol. The number of nitrogens with zero attached hydrogens (tertiary/aromatic N) is 1. The van der Waals surface area contributed by atoms with Gasteiger partial charge in [0.15, 0.2) is 0 Å². The average Bonchev–Trinajstić information content (AvgIpc) is 2.49. The predicted molar refractivity (Wildman–Crippen MR) is 85.1 cm³/mol. The maximum absolute atomic E-state index is 5.51. The summed E-state index contributed by atoms with van der Waals surface area (Å²) in [6, 6.07) is 8.44. The van der Waals surface area contributed by atoms with E-state index >= 15 is 0 Å². The van der Waals surface area contributed by atoms with Gasteiger partial charge in [0.1, 0.15) is 5.75 Å². The second-order valence-electron chi connectivity index (χ2n) is 5.75. The van der Waals surface area contributed by atoms with E-state index in [1.807, 2.05) is 18.2 Å². The van der Waals surface area contributed by atoms with Gasteiger partial charge in [0.05, 0.1) is 33.3 Å². The van der Waals surface area contributed by atoms with Crippen LogP contribution in [0, 0.1) is 0 Å². The molecule has 1 aromatic carbocycles. The lowest BCUT2D eigenvalue weighted by Crippen LogP contribution is -2.52. The fraction of sp³-hybridized carbons (Fsp3) is 0.444. The highest BCUT2D eigenvalue weighted by atomic mass is 16.5. The summed E-state index contributed by atoms with van der Waals surface area (Å²) >= 11 is 0. The van der Waals surface area contributed by atoms with Gasteiger partial charge < -0.3 is 9.22 Å². The normalized spacial score (nSPS) is 18.4. The van der Waals surface area contributed by atoms with Crippen molar-refractivity contribution in [2.75, 3.05) is 33.3 Å². The molecule has 0 aromatic heterocycles. The van der Waals surface area contributed by atoms with E-state index in [0.717, 1.165) is 23.3 Å². The second kappa shape index (κ2) is 6.76. The molecule has 1 aromatic rings. The van der Waals surface area contributed by atoms with E-state index < -0.39 is 0 Å². The Morgan fingerprint density at radius 1 is 1.15 bits per heavy atom. The molecule has 0 aliphatic carbocycles. The smallest absolute Gasteiger partial charge is 0.122 e. The molecule has 1 fully saturated rings. The molecule has 0 atom stereocenters. The van der Waals surface area contributed by atoms with Gasteiger partial charge >= 0.3 is 0 Å². The minimum Gasteiger partial charge on any atom is -0.496 e. The van der Waals surface area contributed by atoms with Gasteiger partial charge in [0, 0.05) is 12.8 Å². The van der Waals surface area contributed by atoms with Crippen molar-refractivity contribution in [3.8, 4) is 5.75 Å². The third-order valence-electron chi connectivity index (χ3n) is 4.52. The van der Waals surface area contributed by atoms with Gasteiger partial charge in [-0.05, 0) is 29.7 Å². The molecule has 0 amide bonds. The van der Waals surface area contributed by atoms with E-state index in [4.69, 9.17) is 4.74 Å². The zero-order valence-electron chi connectivity index (χ0n) is 12.6. The lowest BCUT2D eigenvalue weighted by molar-refractivity contribution is -0.922. The van der Waals surface area contributed by atoms with Crippen LogP contribution in [0.1, 0.15) is 24.3 Å². The number of quaternary nitrogens is 1. The summed E-state index contributed by atoms with van der Waals surface area (Å²) in [5.74, 6) is 1.65. The first-order valence-electron chi connectivity index (χ1n) is 7.44. The van der Waals surface area contributed by atoms with Crippen molar-refractivity contribution in [2.45, 2.75) is 18.8 Å². The van der Waals surface area contributed by atoms with Crippen LogP contribution in [0.4, 0.5) is 0 Å². The number of para-hydroxylation sites is 1. The van der Waals surface area contributed by atoms with E-state index in [1.54, 1.807) is 7.11 Å². The second-order valence-corrected chi connectivity index (χ2v) is 5.75. The summed E-state index contributed by atoms with van der Waals surface area (Å²) in [4.78, 5) is 0. The van der Waals surface area contributed by atoms with Crippen LogP contribution in [0.3, 0.4) is 0 Å². The molecule has 0 bridgehead atoms. The maximum atomic E-state index is 5.51. The summed E-state index contributed by atoms with van der Waals surface area (Å²) in [7, 11) is 1.76. The lowest BCUT2D eigenvalue weighted by Gasteiger charge is -2.42. The van der Waals surface area contributed by atoms with Gasteiger partial charge in [0.25, 0.3) is 0 Å². The Hall–Kier alpha value is -1.54. The van der Waals surface area contributed by atoms with E-state index in [9.17, 15) is 0 Å². The Morgan fingerprint density at radius 3 is 2.30 bits per heavy atom. The first-order chi connectivity index (χ1) is 9.74. The monoisotopic (exact) mass is 272 g/mol. The summed E-state index contributed by atoms with van der Waals surface area (Å²) < 4.78 is 6.62. The van der Waals surface area contributed by atoms with Crippen LogP contribution in [0.5, 0.6) is 5.75 Å². The minimum atomic E-state index is 0.618. The first-order valence-corrected chi connectivity index (χ1v) is 7.44. The molecule has 2 nitrogen and oxygen atoms in total. The molecule has 0 N–H and O–H groups in total. The Bertz CT molecular complexity index is 446. The fourth-order valence-corrected chi connectivity index (χ4v) is 3.42. The first kappa shape index (κ1) is 14.9. The lowest BCUT2D eigenvalue weighted by atomic mass is 9.87. The molecule has 0 spiro atoms. The SMILES string of the molecule is C=CC[N+]1(CC=C)CCC(c2ccccc2OC)CC1. The molecule has 2 rings (SSSR count). The summed E-state index contributed by atoms with van der Waals surface area (Å²) in [6.07, 6.45) is 6.52. The predicted octanol–water partition coefficient (Wildman–Crippen LogP) is 3.76.